The van der Waals surface area contributed by atoms with Crippen molar-refractivity contribution in [2.45, 2.75) is 58.7 Å². The van der Waals surface area contributed by atoms with E-state index < -0.39 is 11.6 Å². The molecule has 1 heterocycles. The topological polar surface area (TPSA) is 76.2 Å². The number of esters is 1. The first-order valence-electron chi connectivity index (χ1n) is 13.0. The van der Waals surface area contributed by atoms with Gasteiger partial charge in [-0.15, -0.1) is 0 Å². The van der Waals surface area contributed by atoms with Gasteiger partial charge in [-0.3, -0.25) is 9.59 Å². The van der Waals surface area contributed by atoms with Gasteiger partial charge in [0.25, 0.3) is 5.91 Å². The molecule has 0 aromatic heterocycles. The number of hydrogen-bond acceptors (Lipinski definition) is 5. The van der Waals surface area contributed by atoms with Crippen molar-refractivity contribution in [2.75, 3.05) is 16.4 Å². The fourth-order valence-electron chi connectivity index (χ4n) is 4.96. The van der Waals surface area contributed by atoms with E-state index in [1.54, 1.807) is 73.9 Å². The number of carbonyl (C=O) groups is 3. The Morgan fingerprint density at radius 3 is 2.26 bits per heavy atom. The summed E-state index contributed by atoms with van der Waals surface area (Å²) in [6, 6.07) is 21.2. The molecule has 7 nitrogen and oxygen atoms in total. The number of anilines is 2. The van der Waals surface area contributed by atoms with Gasteiger partial charge in [-0.2, -0.15) is 0 Å². The maximum Gasteiger partial charge on any atom is 0.349 e. The van der Waals surface area contributed by atoms with Gasteiger partial charge in [-0.25, -0.2) is 4.79 Å². The number of halogens is 1. The number of rotatable bonds is 7. The molecular weight excluding hydrogens is 516 g/mol. The zero-order chi connectivity index (χ0) is 28.3. The molecule has 1 aliphatic rings. The lowest BCUT2D eigenvalue weighted by Crippen LogP contribution is -2.47. The Kier molecular flexibility index (Phi) is 8.31. The van der Waals surface area contributed by atoms with Crippen molar-refractivity contribution < 1.29 is 23.9 Å². The Balaban J connectivity index is 1.62. The number of para-hydroxylation sites is 1. The van der Waals surface area contributed by atoms with E-state index >= 15 is 0 Å². The van der Waals surface area contributed by atoms with Crippen LogP contribution in [0.25, 0.3) is 0 Å². The van der Waals surface area contributed by atoms with E-state index in [9.17, 15) is 14.4 Å². The summed E-state index contributed by atoms with van der Waals surface area (Å²) in [5, 5.41) is 0.595. The predicted octanol–water partition coefficient (Wildman–Crippen LogP) is 6.59. The molecule has 4 rings (SSSR count). The number of carbonyl (C=O) groups excluding carboxylic acids is 3. The summed E-state index contributed by atoms with van der Waals surface area (Å²) in [5.41, 5.74) is 1.72. The normalized spacial score (nSPS) is 16.7. The van der Waals surface area contributed by atoms with Gasteiger partial charge in [0.05, 0.1) is 12.6 Å². The van der Waals surface area contributed by atoms with E-state index in [-0.39, 0.29) is 30.5 Å². The second kappa shape index (κ2) is 11.5. The number of ether oxygens (including phenoxy) is 2. The maximum absolute atomic E-state index is 13.8. The van der Waals surface area contributed by atoms with Crippen LogP contribution < -0.4 is 14.5 Å². The SMILES string of the molecule is CCOC(=O)C(C)(C)Oc1ccc(C(=O)N2c3ccccc3[C@H](N(C(C)=O)c3ccc(Cl)cc3)C[C@@H]2C)cc1. The van der Waals surface area contributed by atoms with Crippen LogP contribution in [0.4, 0.5) is 11.4 Å². The van der Waals surface area contributed by atoms with E-state index in [2.05, 4.69) is 0 Å². The summed E-state index contributed by atoms with van der Waals surface area (Å²) in [7, 11) is 0. The van der Waals surface area contributed by atoms with Crippen molar-refractivity contribution in [3.8, 4) is 5.75 Å². The Hall–Kier alpha value is -3.84. The third-order valence-corrected chi connectivity index (χ3v) is 7.03. The van der Waals surface area contributed by atoms with Crippen molar-refractivity contribution in [3.63, 3.8) is 0 Å². The highest BCUT2D eigenvalue weighted by Gasteiger charge is 2.38. The standard InChI is InChI=1S/C31H33ClN2O5/c1-6-38-30(37)31(4,5)39-25-17-11-22(12-18-25)29(36)33-20(2)19-28(26-9-7-8-10-27(26)33)34(21(3)35)24-15-13-23(32)14-16-24/h7-18,20,28H,6,19H2,1-5H3/t20-,28+/m0/s1. The average Bonchev–Trinajstić information content (AvgIpc) is 2.90. The Labute approximate surface area is 234 Å². The first-order valence-corrected chi connectivity index (χ1v) is 13.4. The minimum absolute atomic E-state index is 0.0922. The van der Waals surface area contributed by atoms with Gasteiger partial charge in [0.1, 0.15) is 5.75 Å². The summed E-state index contributed by atoms with van der Waals surface area (Å²) in [6.07, 6.45) is 0.555. The fourth-order valence-corrected chi connectivity index (χ4v) is 5.09. The Bertz CT molecular complexity index is 1350. The van der Waals surface area contributed by atoms with Crippen LogP contribution in [0.3, 0.4) is 0 Å². The van der Waals surface area contributed by atoms with Gasteiger partial charge < -0.3 is 19.3 Å². The lowest BCUT2D eigenvalue weighted by Gasteiger charge is -2.43. The molecule has 0 spiro atoms. The molecule has 39 heavy (non-hydrogen) atoms. The van der Waals surface area contributed by atoms with Gasteiger partial charge >= 0.3 is 5.97 Å². The summed E-state index contributed by atoms with van der Waals surface area (Å²) in [5.74, 6) is -0.260. The zero-order valence-corrected chi connectivity index (χ0v) is 23.6. The number of fused-ring (bicyclic) bond motifs is 1. The Morgan fingerprint density at radius 1 is 1.00 bits per heavy atom. The van der Waals surface area contributed by atoms with E-state index in [1.807, 2.05) is 43.3 Å². The molecule has 3 aromatic rings. The molecule has 0 unspecified atom stereocenters. The number of hydrogen-bond donors (Lipinski definition) is 0. The highest BCUT2D eigenvalue weighted by molar-refractivity contribution is 6.30. The van der Waals surface area contributed by atoms with Crippen molar-refractivity contribution in [1.82, 2.24) is 0 Å². The van der Waals surface area contributed by atoms with Gasteiger partial charge in [0.15, 0.2) is 5.60 Å². The third kappa shape index (κ3) is 5.93. The molecule has 8 heteroatoms. The van der Waals surface area contributed by atoms with Gasteiger partial charge in [-0.1, -0.05) is 29.8 Å². The monoisotopic (exact) mass is 548 g/mol. The van der Waals surface area contributed by atoms with Crippen LogP contribution in [-0.2, 0) is 14.3 Å². The van der Waals surface area contributed by atoms with Crippen LogP contribution in [0.1, 0.15) is 63.0 Å². The molecule has 2 atom stereocenters. The maximum atomic E-state index is 13.8. The quantitative estimate of drug-likeness (QED) is 0.311. The lowest BCUT2D eigenvalue weighted by molar-refractivity contribution is -0.158. The molecule has 0 N–H and O–H groups in total. The highest BCUT2D eigenvalue weighted by Crippen LogP contribution is 2.43. The van der Waals surface area contributed by atoms with Crippen molar-refractivity contribution >= 4 is 40.8 Å². The first kappa shape index (κ1) is 28.2. The molecule has 0 aliphatic carbocycles. The lowest BCUT2D eigenvalue weighted by atomic mass is 9.89. The Morgan fingerprint density at radius 2 is 1.64 bits per heavy atom. The molecule has 2 amide bonds. The largest absolute Gasteiger partial charge is 0.476 e. The van der Waals surface area contributed by atoms with Crippen LogP contribution >= 0.6 is 11.6 Å². The van der Waals surface area contributed by atoms with Crippen LogP contribution in [0.2, 0.25) is 5.02 Å². The molecule has 0 bridgehead atoms. The second-order valence-corrected chi connectivity index (χ2v) is 10.5. The number of amides is 2. The molecule has 0 radical (unpaired) electrons. The van der Waals surface area contributed by atoms with E-state index in [1.165, 1.54) is 0 Å². The summed E-state index contributed by atoms with van der Waals surface area (Å²) in [6.45, 7) is 8.82. The smallest absolute Gasteiger partial charge is 0.349 e. The highest BCUT2D eigenvalue weighted by atomic mass is 35.5. The van der Waals surface area contributed by atoms with Crippen LogP contribution in [0.5, 0.6) is 5.75 Å². The zero-order valence-electron chi connectivity index (χ0n) is 22.8. The molecular formula is C31H33ClN2O5. The molecule has 1 aliphatic heterocycles. The summed E-state index contributed by atoms with van der Waals surface area (Å²) < 4.78 is 10.9. The van der Waals surface area contributed by atoms with Gasteiger partial charge in [-0.05, 0) is 94.3 Å². The molecule has 204 valence electrons. The van der Waals surface area contributed by atoms with E-state index in [0.29, 0.717) is 22.8 Å². The molecule has 3 aromatic carbocycles. The van der Waals surface area contributed by atoms with Crippen LogP contribution in [0, 0.1) is 0 Å². The van der Waals surface area contributed by atoms with Crippen molar-refractivity contribution in [2.24, 2.45) is 0 Å². The minimum atomic E-state index is -1.16. The number of nitrogens with zero attached hydrogens (tertiary/aromatic N) is 2. The molecule has 0 saturated carbocycles. The van der Waals surface area contributed by atoms with Crippen molar-refractivity contribution in [1.29, 1.82) is 0 Å². The molecule has 0 fully saturated rings. The van der Waals surface area contributed by atoms with Crippen molar-refractivity contribution in [3.05, 3.63) is 88.9 Å². The summed E-state index contributed by atoms with van der Waals surface area (Å²) in [4.78, 5) is 42.4. The van der Waals surface area contributed by atoms with Gasteiger partial charge in [0.2, 0.25) is 5.91 Å². The van der Waals surface area contributed by atoms with E-state index in [4.69, 9.17) is 21.1 Å². The fraction of sp³-hybridized carbons (Fsp3) is 0.323. The average molecular weight is 549 g/mol. The van der Waals surface area contributed by atoms with Crippen LogP contribution in [0.15, 0.2) is 72.8 Å². The molecule has 0 saturated heterocycles. The third-order valence-electron chi connectivity index (χ3n) is 6.78. The first-order chi connectivity index (χ1) is 18.5. The second-order valence-electron chi connectivity index (χ2n) is 10.1. The van der Waals surface area contributed by atoms with E-state index in [0.717, 1.165) is 16.9 Å². The van der Waals surface area contributed by atoms with Crippen LogP contribution in [-0.4, -0.2) is 36.0 Å². The number of benzene rings is 3. The minimum Gasteiger partial charge on any atom is -0.476 e. The summed E-state index contributed by atoms with van der Waals surface area (Å²) >= 11 is 6.09. The van der Waals surface area contributed by atoms with Gasteiger partial charge in [0, 0.05) is 34.9 Å². The predicted molar refractivity (Wildman–Crippen MR) is 152 cm³/mol.